The van der Waals surface area contributed by atoms with Crippen molar-refractivity contribution in [3.63, 3.8) is 0 Å². The number of nitrogens with zero attached hydrogens (tertiary/aromatic N) is 2. The van der Waals surface area contributed by atoms with E-state index < -0.39 is 0 Å². The molecule has 100 valence electrons. The van der Waals surface area contributed by atoms with E-state index in [1.807, 2.05) is 6.92 Å². The van der Waals surface area contributed by atoms with Crippen molar-refractivity contribution in [2.75, 3.05) is 46.3 Å². The Morgan fingerprint density at radius 3 is 2.59 bits per heavy atom. The zero-order valence-corrected chi connectivity index (χ0v) is 11.1. The molecule has 0 aromatic carbocycles. The van der Waals surface area contributed by atoms with Crippen LogP contribution in [0.1, 0.15) is 19.8 Å². The average molecular weight is 242 g/mol. The molecule has 0 aromatic heterocycles. The third-order valence-electron chi connectivity index (χ3n) is 3.32. The van der Waals surface area contributed by atoms with Gasteiger partial charge in [-0.2, -0.15) is 0 Å². The minimum absolute atomic E-state index is 0.0223. The van der Waals surface area contributed by atoms with E-state index in [2.05, 4.69) is 22.2 Å². The Kier molecular flexibility index (Phi) is 6.47. The summed E-state index contributed by atoms with van der Waals surface area (Å²) in [5.74, 6) is -0.0223. The Balaban J connectivity index is 2.02. The predicted molar refractivity (Wildman–Crippen MR) is 69.8 cm³/mol. The lowest BCUT2D eigenvalue weighted by Gasteiger charge is -2.32. The van der Waals surface area contributed by atoms with Crippen LogP contribution in [0.5, 0.6) is 0 Å². The fourth-order valence-corrected chi connectivity index (χ4v) is 1.90. The number of amides is 1. The van der Waals surface area contributed by atoms with Gasteiger partial charge in [-0.15, -0.1) is 0 Å². The first-order chi connectivity index (χ1) is 8.13. The highest BCUT2D eigenvalue weighted by molar-refractivity contribution is 5.81. The second-order valence-corrected chi connectivity index (χ2v) is 4.80. The zero-order chi connectivity index (χ0) is 12.7. The molecule has 1 aliphatic rings. The van der Waals surface area contributed by atoms with Gasteiger partial charge in [-0.25, -0.2) is 0 Å². The Morgan fingerprint density at radius 1 is 1.35 bits per heavy atom. The van der Waals surface area contributed by atoms with Crippen LogP contribution >= 0.6 is 0 Å². The molecule has 0 radical (unpaired) electrons. The van der Waals surface area contributed by atoms with Crippen molar-refractivity contribution >= 4 is 5.91 Å². The van der Waals surface area contributed by atoms with E-state index in [0.717, 1.165) is 45.7 Å². The maximum Gasteiger partial charge on any atom is 0.236 e. The number of piperazine rings is 1. The summed E-state index contributed by atoms with van der Waals surface area (Å²) in [6.45, 7) is 8.29. The third kappa shape index (κ3) is 5.48. The Hall–Kier alpha value is -0.650. The number of likely N-dealkylation sites (N-methyl/N-ethyl adjacent to an activating group) is 1. The van der Waals surface area contributed by atoms with E-state index in [1.165, 1.54) is 0 Å². The highest BCUT2D eigenvalue weighted by Crippen LogP contribution is 1.99. The van der Waals surface area contributed by atoms with Crippen LogP contribution in [0.15, 0.2) is 0 Å². The summed E-state index contributed by atoms with van der Waals surface area (Å²) in [6, 6.07) is -0.348. The summed E-state index contributed by atoms with van der Waals surface area (Å²) in [5, 5.41) is 2.88. The van der Waals surface area contributed by atoms with Gasteiger partial charge in [0.25, 0.3) is 0 Å². The molecule has 5 nitrogen and oxygen atoms in total. The molecule has 1 fully saturated rings. The Morgan fingerprint density at radius 2 is 2.00 bits per heavy atom. The average Bonchev–Trinajstić information content (AvgIpc) is 2.35. The van der Waals surface area contributed by atoms with Crippen LogP contribution in [0.2, 0.25) is 0 Å². The maximum absolute atomic E-state index is 11.4. The van der Waals surface area contributed by atoms with Crippen LogP contribution in [-0.4, -0.2) is 68.1 Å². The highest BCUT2D eigenvalue weighted by Gasteiger charge is 2.13. The lowest BCUT2D eigenvalue weighted by Crippen LogP contribution is -2.45. The lowest BCUT2D eigenvalue weighted by atomic mass is 10.2. The van der Waals surface area contributed by atoms with E-state index in [-0.39, 0.29) is 11.9 Å². The van der Waals surface area contributed by atoms with Crippen LogP contribution in [0, 0.1) is 0 Å². The van der Waals surface area contributed by atoms with Crippen molar-refractivity contribution in [1.29, 1.82) is 0 Å². The van der Waals surface area contributed by atoms with Gasteiger partial charge < -0.3 is 20.9 Å². The molecule has 0 saturated carbocycles. The first-order valence-electron chi connectivity index (χ1n) is 6.57. The van der Waals surface area contributed by atoms with E-state index in [4.69, 9.17) is 5.73 Å². The largest absolute Gasteiger partial charge is 0.355 e. The van der Waals surface area contributed by atoms with Crippen molar-refractivity contribution in [3.05, 3.63) is 0 Å². The van der Waals surface area contributed by atoms with Gasteiger partial charge in [-0.1, -0.05) is 6.92 Å². The molecule has 1 heterocycles. The molecule has 1 rings (SSSR count). The van der Waals surface area contributed by atoms with E-state index >= 15 is 0 Å². The summed E-state index contributed by atoms with van der Waals surface area (Å²) >= 11 is 0. The second kappa shape index (κ2) is 7.63. The number of hydrogen-bond acceptors (Lipinski definition) is 4. The number of nitrogens with two attached hydrogens (primary N) is 1. The molecule has 17 heavy (non-hydrogen) atoms. The van der Waals surface area contributed by atoms with Gasteiger partial charge in [0.15, 0.2) is 0 Å². The maximum atomic E-state index is 11.4. The molecular formula is C12H26N4O. The summed E-state index contributed by atoms with van der Waals surface area (Å²) in [7, 11) is 2.16. The molecule has 0 aliphatic carbocycles. The molecule has 1 aliphatic heterocycles. The summed E-state index contributed by atoms with van der Waals surface area (Å²) in [5.41, 5.74) is 5.63. The fourth-order valence-electron chi connectivity index (χ4n) is 1.90. The summed E-state index contributed by atoms with van der Waals surface area (Å²) in [4.78, 5) is 16.2. The molecule has 5 heteroatoms. The van der Waals surface area contributed by atoms with Crippen LogP contribution in [0.3, 0.4) is 0 Å². The number of nitrogens with one attached hydrogen (secondary N) is 1. The van der Waals surface area contributed by atoms with Crippen molar-refractivity contribution in [2.24, 2.45) is 5.73 Å². The summed E-state index contributed by atoms with van der Waals surface area (Å²) < 4.78 is 0. The minimum Gasteiger partial charge on any atom is -0.355 e. The van der Waals surface area contributed by atoms with Crippen LogP contribution in [-0.2, 0) is 4.79 Å². The van der Waals surface area contributed by atoms with Gasteiger partial charge in [-0.05, 0) is 26.4 Å². The highest BCUT2D eigenvalue weighted by atomic mass is 16.2. The van der Waals surface area contributed by atoms with Crippen LogP contribution in [0.25, 0.3) is 0 Å². The van der Waals surface area contributed by atoms with E-state index in [0.29, 0.717) is 6.42 Å². The van der Waals surface area contributed by atoms with E-state index in [9.17, 15) is 4.79 Å². The van der Waals surface area contributed by atoms with Crippen LogP contribution in [0.4, 0.5) is 0 Å². The zero-order valence-electron chi connectivity index (χ0n) is 11.1. The van der Waals surface area contributed by atoms with Gasteiger partial charge >= 0.3 is 0 Å². The standard InChI is InChI=1S/C12H26N4O/c1-3-11(13)12(17)14-5-4-6-16-9-7-15(2)8-10-16/h11H,3-10,13H2,1-2H3,(H,14,17)/t11-/m1/s1. The smallest absolute Gasteiger partial charge is 0.236 e. The molecule has 0 spiro atoms. The number of hydrogen-bond donors (Lipinski definition) is 2. The number of rotatable bonds is 6. The minimum atomic E-state index is -0.348. The molecular weight excluding hydrogens is 216 g/mol. The Bertz CT molecular complexity index is 227. The second-order valence-electron chi connectivity index (χ2n) is 4.80. The third-order valence-corrected chi connectivity index (χ3v) is 3.32. The Labute approximate surface area is 104 Å². The molecule has 1 saturated heterocycles. The van der Waals surface area contributed by atoms with E-state index in [1.54, 1.807) is 0 Å². The first-order valence-corrected chi connectivity index (χ1v) is 6.57. The van der Waals surface area contributed by atoms with Crippen molar-refractivity contribution in [2.45, 2.75) is 25.8 Å². The molecule has 0 unspecified atom stereocenters. The van der Waals surface area contributed by atoms with Crippen LogP contribution < -0.4 is 11.1 Å². The topological polar surface area (TPSA) is 61.6 Å². The van der Waals surface area contributed by atoms with Gasteiger partial charge in [0, 0.05) is 32.7 Å². The van der Waals surface area contributed by atoms with Gasteiger partial charge in [0.05, 0.1) is 6.04 Å². The van der Waals surface area contributed by atoms with Crippen molar-refractivity contribution < 1.29 is 4.79 Å². The molecule has 0 aromatic rings. The number of carbonyl (C=O) groups is 1. The first kappa shape index (κ1) is 14.4. The molecule has 0 bridgehead atoms. The van der Waals surface area contributed by atoms with Gasteiger partial charge in [0.1, 0.15) is 0 Å². The number of carbonyl (C=O) groups excluding carboxylic acids is 1. The molecule has 1 amide bonds. The predicted octanol–water partition coefficient (Wildman–Crippen LogP) is -0.523. The molecule has 3 N–H and O–H groups in total. The van der Waals surface area contributed by atoms with Gasteiger partial charge in [0.2, 0.25) is 5.91 Å². The summed E-state index contributed by atoms with van der Waals surface area (Å²) in [6.07, 6.45) is 1.70. The van der Waals surface area contributed by atoms with Crippen molar-refractivity contribution in [1.82, 2.24) is 15.1 Å². The lowest BCUT2D eigenvalue weighted by molar-refractivity contribution is -0.122. The normalized spacial score (nSPS) is 20.2. The monoisotopic (exact) mass is 242 g/mol. The fraction of sp³-hybridized carbons (Fsp3) is 0.917. The SMILES string of the molecule is CC[C@@H](N)C(=O)NCCCN1CCN(C)CC1. The molecule has 1 atom stereocenters. The van der Waals surface area contributed by atoms with Crippen molar-refractivity contribution in [3.8, 4) is 0 Å². The quantitative estimate of drug-likeness (QED) is 0.615. The van der Waals surface area contributed by atoms with Gasteiger partial charge in [-0.3, -0.25) is 4.79 Å².